The lowest BCUT2D eigenvalue weighted by Crippen LogP contribution is -2.64. The van der Waals surface area contributed by atoms with Crippen LogP contribution in [0, 0.1) is 5.92 Å². The van der Waals surface area contributed by atoms with Gasteiger partial charge in [-0.3, -0.25) is 33.6 Å². The molecule has 72 heavy (non-hydrogen) atoms. The Bertz CT molecular complexity index is 1720. The molecule has 0 aromatic rings. The van der Waals surface area contributed by atoms with E-state index in [-0.39, 0.29) is 96.0 Å². The highest BCUT2D eigenvalue weighted by Crippen LogP contribution is 2.29. The highest BCUT2D eigenvalue weighted by molar-refractivity contribution is 5.90. The molecule has 2 saturated heterocycles. The van der Waals surface area contributed by atoms with Gasteiger partial charge >= 0.3 is 0 Å². The summed E-state index contributed by atoms with van der Waals surface area (Å²) in [4.78, 5) is 88.7. The van der Waals surface area contributed by atoms with Crippen LogP contribution in [0.2, 0.25) is 0 Å². The zero-order valence-electron chi connectivity index (χ0n) is 41.8. The van der Waals surface area contributed by atoms with Gasteiger partial charge in [0, 0.05) is 45.7 Å². The van der Waals surface area contributed by atoms with Gasteiger partial charge in [-0.25, -0.2) is 0 Å². The molecule has 414 valence electrons. The molecular formula is C45H79N7O20. The first kappa shape index (κ1) is 62.1. The van der Waals surface area contributed by atoms with Crippen molar-refractivity contribution in [1.82, 2.24) is 31.9 Å². The second-order valence-electron chi connectivity index (χ2n) is 18.8. The van der Waals surface area contributed by atoms with Crippen LogP contribution in [-0.4, -0.2) is 223 Å². The van der Waals surface area contributed by atoms with Gasteiger partial charge in [-0.05, 0) is 59.3 Å². The Morgan fingerprint density at radius 3 is 1.49 bits per heavy atom. The molecule has 0 aromatic heterocycles. The van der Waals surface area contributed by atoms with Crippen LogP contribution in [0.1, 0.15) is 86.0 Å². The third-order valence-electron chi connectivity index (χ3n) is 11.8. The molecule has 3 aliphatic rings. The second kappa shape index (κ2) is 31.5. The first-order valence-electron chi connectivity index (χ1n) is 24.3. The van der Waals surface area contributed by atoms with E-state index < -0.39 is 128 Å². The Morgan fingerprint density at radius 2 is 1.07 bits per heavy atom. The summed E-state index contributed by atoms with van der Waals surface area (Å²) in [5.74, 6) is -4.49. The van der Waals surface area contributed by atoms with Crippen LogP contribution in [0.3, 0.4) is 0 Å². The van der Waals surface area contributed by atoms with Gasteiger partial charge in [0.15, 0.2) is 12.6 Å². The van der Waals surface area contributed by atoms with Crippen LogP contribution in [0.4, 0.5) is 0 Å². The summed E-state index contributed by atoms with van der Waals surface area (Å²) in [7, 11) is 0. The van der Waals surface area contributed by atoms with Crippen LogP contribution in [0.25, 0.3) is 0 Å². The molecule has 2 heterocycles. The first-order valence-corrected chi connectivity index (χ1v) is 24.3. The minimum atomic E-state index is -1.49. The Labute approximate surface area is 418 Å². The maximum Gasteiger partial charge on any atom is 0.242 e. The number of amides is 7. The maximum absolute atomic E-state index is 13.6. The average molecular weight is 1040 g/mol. The Balaban J connectivity index is 1.53. The van der Waals surface area contributed by atoms with E-state index in [2.05, 4.69) is 31.9 Å². The smallest absolute Gasteiger partial charge is 0.242 e. The molecule has 0 bridgehead atoms. The number of rotatable bonds is 30. The van der Waals surface area contributed by atoms with Crippen molar-refractivity contribution in [2.24, 2.45) is 11.7 Å². The van der Waals surface area contributed by atoms with Crippen molar-refractivity contribution in [1.29, 1.82) is 0 Å². The number of hydrogen-bond donors (Lipinski definition) is 13. The normalized spacial score (nSPS) is 28.4. The molecular weight excluding hydrogens is 959 g/mol. The van der Waals surface area contributed by atoms with E-state index in [9.17, 15) is 64.2 Å². The molecule has 7 amide bonds. The standard InChI is InChI=1S/C45H79N7O20/c1-24(55)49-34-38(61)36(59)30(22-53)70-43(34)68-20-18-66-16-14-47-41(64)28(10-12-32(46)57)51-33(58)13-11-29(52-40(63)26-6-8-27(9-7-26)72-45(3,4)5)42(65)48-15-17-67-19-21-69-44-35(50-25(2)56)39(62)37(60)31(23-54)71-44/h26-31,34-39,43-44,53-54,59-62H,6-23H2,1-5H3,(H2,46,57)(H,47,64)(H,48,65)(H,49,55)(H,50,56)(H,51,58)(H,52,63)/t26?,27?,28?,29?,30-,31-,34-,35-,36+,37+,38-,39-,43?,44?/m1/s1. The van der Waals surface area contributed by atoms with Crippen LogP contribution in [-0.2, 0) is 66.7 Å². The maximum atomic E-state index is 13.6. The number of primary amides is 1. The van der Waals surface area contributed by atoms with Crippen molar-refractivity contribution in [3.05, 3.63) is 0 Å². The van der Waals surface area contributed by atoms with Crippen LogP contribution >= 0.6 is 0 Å². The third kappa shape index (κ3) is 21.7. The summed E-state index contributed by atoms with van der Waals surface area (Å²) >= 11 is 0. The first-order chi connectivity index (χ1) is 34.0. The lowest BCUT2D eigenvalue weighted by Gasteiger charge is -2.42. The van der Waals surface area contributed by atoms with E-state index in [4.69, 9.17) is 38.9 Å². The van der Waals surface area contributed by atoms with Gasteiger partial charge in [-0.1, -0.05) is 0 Å². The van der Waals surface area contributed by atoms with Crippen LogP contribution in [0.15, 0.2) is 0 Å². The summed E-state index contributed by atoms with van der Waals surface area (Å²) in [6.07, 6.45) is -9.36. The number of carbonyl (C=O) groups excluding carboxylic acids is 7. The van der Waals surface area contributed by atoms with Crippen molar-refractivity contribution in [3.63, 3.8) is 0 Å². The SMILES string of the molecule is CC(=O)N[C@H]1C(OCCOCCNC(=O)C(CCC(N)=O)NC(=O)CCC(NC(=O)C2CCC(OC(C)(C)C)CC2)C(=O)NCCOCCOC2O[C@H](CO)[C@H](O)[C@H](O)[C@H]2NC(C)=O)O[C@H](CO)[C@H](O)[C@@H]1O. The minimum absolute atomic E-state index is 0.0245. The van der Waals surface area contributed by atoms with Crippen LogP contribution in [0.5, 0.6) is 0 Å². The number of ether oxygens (including phenoxy) is 7. The molecule has 1 aliphatic carbocycles. The van der Waals surface area contributed by atoms with Crippen molar-refractivity contribution in [3.8, 4) is 0 Å². The molecule has 0 aromatic carbocycles. The molecule has 3 rings (SSSR count). The van der Waals surface area contributed by atoms with E-state index in [0.29, 0.717) is 25.7 Å². The Morgan fingerprint density at radius 1 is 0.625 bits per heavy atom. The van der Waals surface area contributed by atoms with Gasteiger partial charge < -0.3 is 101 Å². The highest BCUT2D eigenvalue weighted by Gasteiger charge is 2.46. The van der Waals surface area contributed by atoms with E-state index in [1.165, 1.54) is 13.8 Å². The predicted octanol–water partition coefficient (Wildman–Crippen LogP) is -5.44. The topological polar surface area (TPSA) is 404 Å². The van der Waals surface area contributed by atoms with Gasteiger partial charge in [0.1, 0.15) is 60.8 Å². The summed E-state index contributed by atoms with van der Waals surface area (Å²) in [6.45, 7) is 6.60. The highest BCUT2D eigenvalue weighted by atomic mass is 16.7. The van der Waals surface area contributed by atoms with Crippen LogP contribution < -0.4 is 37.6 Å². The van der Waals surface area contributed by atoms with Crippen molar-refractivity contribution < 1.29 is 97.4 Å². The lowest BCUT2D eigenvalue weighted by molar-refractivity contribution is -0.272. The molecule has 14 N–H and O–H groups in total. The fraction of sp³-hybridized carbons (Fsp3) is 0.844. The van der Waals surface area contributed by atoms with Gasteiger partial charge in [0.05, 0.1) is 64.6 Å². The number of nitrogens with two attached hydrogens (primary N) is 1. The molecule has 27 heteroatoms. The van der Waals surface area contributed by atoms with E-state index >= 15 is 0 Å². The summed E-state index contributed by atoms with van der Waals surface area (Å²) < 4.78 is 39.4. The van der Waals surface area contributed by atoms with E-state index in [1.807, 2.05) is 20.8 Å². The molecule has 4 unspecified atom stereocenters. The van der Waals surface area contributed by atoms with Gasteiger partial charge in [0.2, 0.25) is 41.4 Å². The number of hydrogen-bond acceptors (Lipinski definition) is 20. The van der Waals surface area contributed by atoms with Gasteiger partial charge in [0.25, 0.3) is 0 Å². The van der Waals surface area contributed by atoms with Crippen molar-refractivity contribution >= 4 is 41.4 Å². The minimum Gasteiger partial charge on any atom is -0.394 e. The Kier molecular flexibility index (Phi) is 27.1. The zero-order valence-corrected chi connectivity index (χ0v) is 41.8. The molecule has 12 atom stereocenters. The van der Waals surface area contributed by atoms with Gasteiger partial charge in [-0.2, -0.15) is 0 Å². The fourth-order valence-electron chi connectivity index (χ4n) is 8.21. The Hall–Kier alpha value is -4.23. The quantitative estimate of drug-likeness (QED) is 0.0299. The van der Waals surface area contributed by atoms with Crippen molar-refractivity contribution in [2.75, 3.05) is 65.9 Å². The number of aliphatic hydroxyl groups is 6. The monoisotopic (exact) mass is 1040 g/mol. The van der Waals surface area contributed by atoms with E-state index in [0.717, 1.165) is 0 Å². The molecule has 1 saturated carbocycles. The number of carbonyl (C=O) groups is 7. The largest absolute Gasteiger partial charge is 0.394 e. The molecule has 27 nitrogen and oxygen atoms in total. The predicted molar refractivity (Wildman–Crippen MR) is 248 cm³/mol. The zero-order chi connectivity index (χ0) is 53.5. The third-order valence-corrected chi connectivity index (χ3v) is 11.8. The number of nitrogens with one attached hydrogen (secondary N) is 6. The summed E-state index contributed by atoms with van der Waals surface area (Å²) in [6, 6.07) is -4.68. The number of aliphatic hydroxyl groups excluding tert-OH is 6. The summed E-state index contributed by atoms with van der Waals surface area (Å²) in [5, 5.41) is 75.9. The van der Waals surface area contributed by atoms with E-state index in [1.54, 1.807) is 0 Å². The average Bonchev–Trinajstić information content (AvgIpc) is 3.31. The lowest BCUT2D eigenvalue weighted by atomic mass is 9.86. The molecule has 3 fully saturated rings. The summed E-state index contributed by atoms with van der Waals surface area (Å²) in [5.41, 5.74) is 4.98. The second-order valence-corrected chi connectivity index (χ2v) is 18.8. The van der Waals surface area contributed by atoms with Crippen molar-refractivity contribution in [2.45, 2.75) is 171 Å². The molecule has 0 spiro atoms. The molecule has 2 aliphatic heterocycles. The van der Waals surface area contributed by atoms with Gasteiger partial charge in [-0.15, -0.1) is 0 Å². The fourth-order valence-corrected chi connectivity index (χ4v) is 8.21. The molecule has 0 radical (unpaired) electrons.